The molecule has 25 heavy (non-hydrogen) atoms. The Morgan fingerprint density at radius 2 is 2.04 bits per heavy atom. The van der Waals surface area contributed by atoms with Crippen LogP contribution in [0.4, 0.5) is 10.8 Å². The van der Waals surface area contributed by atoms with Gasteiger partial charge in [-0.1, -0.05) is 36.4 Å². The highest BCUT2D eigenvalue weighted by Crippen LogP contribution is 2.35. The van der Waals surface area contributed by atoms with Crippen molar-refractivity contribution in [2.75, 3.05) is 24.3 Å². The van der Waals surface area contributed by atoms with E-state index in [4.69, 9.17) is 0 Å². The van der Waals surface area contributed by atoms with E-state index in [1.54, 1.807) is 0 Å². The van der Waals surface area contributed by atoms with Gasteiger partial charge in [0.15, 0.2) is 5.13 Å². The van der Waals surface area contributed by atoms with Crippen molar-refractivity contribution >= 4 is 28.1 Å². The maximum absolute atomic E-state index is 12.5. The smallest absolute Gasteiger partial charge is 0.227 e. The number of thiazole rings is 1. The average Bonchev–Trinajstić information content (AvgIpc) is 3.17. The molecule has 4 nitrogen and oxygen atoms in total. The molecule has 1 aromatic carbocycles. The first-order valence-electron chi connectivity index (χ1n) is 8.31. The number of carbonyl (C=O) groups is 1. The van der Waals surface area contributed by atoms with Crippen LogP contribution in [0.3, 0.4) is 0 Å². The molecule has 1 N–H and O–H groups in total. The third-order valence-corrected chi connectivity index (χ3v) is 5.16. The molecular formula is C20H23N3OS. The van der Waals surface area contributed by atoms with Gasteiger partial charge in [-0.2, -0.15) is 0 Å². The van der Waals surface area contributed by atoms with Crippen LogP contribution in [0, 0.1) is 12.3 Å². The quantitative estimate of drug-likeness (QED) is 0.846. The summed E-state index contributed by atoms with van der Waals surface area (Å²) in [6.45, 7) is 1.92. The van der Waals surface area contributed by atoms with Crippen molar-refractivity contribution in [3.8, 4) is 0 Å². The van der Waals surface area contributed by atoms with Gasteiger partial charge in [0.05, 0.1) is 5.69 Å². The van der Waals surface area contributed by atoms with Gasteiger partial charge in [-0.3, -0.25) is 4.79 Å². The van der Waals surface area contributed by atoms with Crippen molar-refractivity contribution in [3.05, 3.63) is 65.2 Å². The fourth-order valence-corrected chi connectivity index (χ4v) is 3.75. The van der Waals surface area contributed by atoms with Gasteiger partial charge in [0.1, 0.15) is 0 Å². The van der Waals surface area contributed by atoms with Crippen molar-refractivity contribution in [1.29, 1.82) is 0 Å². The highest BCUT2D eigenvalue weighted by molar-refractivity contribution is 7.13. The van der Waals surface area contributed by atoms with Crippen LogP contribution in [0.5, 0.6) is 0 Å². The molecule has 0 saturated carbocycles. The van der Waals surface area contributed by atoms with Crippen molar-refractivity contribution in [2.24, 2.45) is 5.41 Å². The molecule has 5 heteroatoms. The normalized spacial score (nSPS) is 14.7. The van der Waals surface area contributed by atoms with Gasteiger partial charge in [0, 0.05) is 37.0 Å². The summed E-state index contributed by atoms with van der Waals surface area (Å²) in [7, 11) is 4.07. The lowest BCUT2D eigenvalue weighted by molar-refractivity contribution is -0.117. The Morgan fingerprint density at radius 3 is 2.68 bits per heavy atom. The third-order valence-electron chi connectivity index (χ3n) is 4.28. The van der Waals surface area contributed by atoms with Crippen LogP contribution < -0.4 is 10.2 Å². The topological polar surface area (TPSA) is 45.2 Å². The van der Waals surface area contributed by atoms with Gasteiger partial charge >= 0.3 is 0 Å². The minimum atomic E-state index is -0.276. The van der Waals surface area contributed by atoms with Gasteiger partial charge in [-0.25, -0.2) is 4.98 Å². The molecule has 0 saturated heterocycles. The number of anilines is 2. The Morgan fingerprint density at radius 1 is 1.28 bits per heavy atom. The zero-order chi connectivity index (χ0) is 17.9. The van der Waals surface area contributed by atoms with Crippen molar-refractivity contribution < 1.29 is 4.79 Å². The van der Waals surface area contributed by atoms with Crippen LogP contribution in [-0.2, 0) is 11.2 Å². The Balaban J connectivity index is 1.73. The van der Waals surface area contributed by atoms with Gasteiger partial charge in [-0.15, -0.1) is 11.3 Å². The van der Waals surface area contributed by atoms with Crippen LogP contribution >= 0.6 is 11.3 Å². The second-order valence-corrected chi connectivity index (χ2v) is 7.57. The highest BCUT2D eigenvalue weighted by atomic mass is 32.1. The molecule has 1 aliphatic rings. The maximum Gasteiger partial charge on any atom is 0.227 e. The summed E-state index contributed by atoms with van der Waals surface area (Å²) in [4.78, 5) is 18.9. The van der Waals surface area contributed by atoms with E-state index in [1.165, 1.54) is 22.6 Å². The number of nitrogens with zero attached hydrogens (tertiary/aromatic N) is 2. The number of benzene rings is 1. The molecule has 0 bridgehead atoms. The highest BCUT2D eigenvalue weighted by Gasteiger charge is 2.30. The Kier molecular flexibility index (Phi) is 5.04. The lowest BCUT2D eigenvalue weighted by Gasteiger charge is -2.25. The second kappa shape index (κ2) is 7.23. The fourth-order valence-electron chi connectivity index (χ4n) is 3.05. The number of hydrogen-bond donors (Lipinski definition) is 1. The Labute approximate surface area is 152 Å². The number of aromatic nitrogens is 1. The predicted molar refractivity (Wildman–Crippen MR) is 105 cm³/mol. The number of hydrogen-bond acceptors (Lipinski definition) is 4. The summed E-state index contributed by atoms with van der Waals surface area (Å²) in [6.07, 6.45) is 9.51. The van der Waals surface area contributed by atoms with Crippen LogP contribution in [0.1, 0.15) is 17.7 Å². The van der Waals surface area contributed by atoms with E-state index in [0.717, 1.165) is 12.1 Å². The zero-order valence-corrected chi connectivity index (χ0v) is 15.6. The van der Waals surface area contributed by atoms with E-state index in [2.05, 4.69) is 51.6 Å². The second-order valence-electron chi connectivity index (χ2n) is 6.71. The van der Waals surface area contributed by atoms with Gasteiger partial charge < -0.3 is 10.2 Å². The lowest BCUT2D eigenvalue weighted by atomic mass is 9.80. The number of aryl methyl sites for hydroxylation is 1. The monoisotopic (exact) mass is 353 g/mol. The molecule has 0 unspecified atom stereocenters. The van der Waals surface area contributed by atoms with Crippen molar-refractivity contribution in [2.45, 2.75) is 19.8 Å². The molecule has 0 fully saturated rings. The van der Waals surface area contributed by atoms with Crippen LogP contribution in [0.2, 0.25) is 0 Å². The number of carbonyl (C=O) groups excluding carboxylic acids is 1. The van der Waals surface area contributed by atoms with E-state index in [-0.39, 0.29) is 11.3 Å². The number of rotatable bonds is 6. The molecule has 1 aromatic heterocycles. The molecule has 3 rings (SSSR count). The van der Waals surface area contributed by atoms with E-state index >= 15 is 0 Å². The van der Waals surface area contributed by atoms with E-state index in [9.17, 15) is 4.79 Å². The van der Waals surface area contributed by atoms with Crippen LogP contribution in [-0.4, -0.2) is 25.0 Å². The SMILES string of the molecule is Cc1csc(NC(=O)CC2(Cc3cccc(N(C)C)c3)C=CC=C2)n1. The first-order valence-corrected chi connectivity index (χ1v) is 9.19. The average molecular weight is 353 g/mol. The lowest BCUT2D eigenvalue weighted by Crippen LogP contribution is -2.25. The molecule has 1 aliphatic carbocycles. The molecule has 0 radical (unpaired) electrons. The summed E-state index contributed by atoms with van der Waals surface area (Å²) in [5.74, 6) is -0.00526. The molecule has 1 heterocycles. The summed E-state index contributed by atoms with van der Waals surface area (Å²) in [5, 5.41) is 5.53. The van der Waals surface area contributed by atoms with E-state index in [0.29, 0.717) is 11.6 Å². The van der Waals surface area contributed by atoms with Gasteiger partial charge in [0.2, 0.25) is 5.91 Å². The third kappa shape index (κ3) is 4.37. The minimum Gasteiger partial charge on any atom is -0.378 e. The summed E-state index contributed by atoms with van der Waals surface area (Å²) in [5.41, 5.74) is 3.04. The molecule has 0 atom stereocenters. The molecular weight excluding hydrogens is 330 g/mol. The fraction of sp³-hybridized carbons (Fsp3) is 0.300. The minimum absolute atomic E-state index is 0.00526. The van der Waals surface area contributed by atoms with Crippen molar-refractivity contribution in [1.82, 2.24) is 4.98 Å². The molecule has 0 aliphatic heterocycles. The van der Waals surface area contributed by atoms with Crippen LogP contribution in [0.15, 0.2) is 53.9 Å². The molecule has 1 amide bonds. The molecule has 130 valence electrons. The van der Waals surface area contributed by atoms with Crippen LogP contribution in [0.25, 0.3) is 0 Å². The maximum atomic E-state index is 12.5. The van der Waals surface area contributed by atoms with Gasteiger partial charge in [-0.05, 0) is 31.0 Å². The molecule has 2 aromatic rings. The first-order chi connectivity index (χ1) is 12.0. The number of allylic oxidation sites excluding steroid dienone is 4. The number of nitrogens with one attached hydrogen (secondary N) is 1. The Hall–Kier alpha value is -2.40. The summed E-state index contributed by atoms with van der Waals surface area (Å²) >= 11 is 1.46. The number of amides is 1. The first kappa shape index (κ1) is 17.4. The largest absolute Gasteiger partial charge is 0.378 e. The Bertz CT molecular complexity index is 808. The van der Waals surface area contributed by atoms with Gasteiger partial charge in [0.25, 0.3) is 0 Å². The van der Waals surface area contributed by atoms with E-state index < -0.39 is 0 Å². The standard InChI is InChI=1S/C20H23N3OS/c1-15-14-25-19(21-15)22-18(24)13-20(9-4-5-10-20)12-16-7-6-8-17(11-16)23(2)3/h4-11,14H,12-13H2,1-3H3,(H,21,22,24). The summed E-state index contributed by atoms with van der Waals surface area (Å²) < 4.78 is 0. The summed E-state index contributed by atoms with van der Waals surface area (Å²) in [6, 6.07) is 8.47. The van der Waals surface area contributed by atoms with E-state index in [1.807, 2.05) is 38.6 Å². The molecule has 0 spiro atoms. The van der Waals surface area contributed by atoms with Crippen molar-refractivity contribution in [3.63, 3.8) is 0 Å². The predicted octanol–water partition coefficient (Wildman–Crippen LogP) is 4.20. The zero-order valence-electron chi connectivity index (χ0n) is 14.8.